The van der Waals surface area contributed by atoms with Gasteiger partial charge in [-0.3, -0.25) is 14.5 Å². The number of likely N-dealkylation sites (tertiary alicyclic amines) is 1. The Labute approximate surface area is 146 Å². The van der Waals surface area contributed by atoms with Gasteiger partial charge < -0.3 is 15.2 Å². The number of amides is 1. The van der Waals surface area contributed by atoms with Crippen LogP contribution >= 0.6 is 0 Å². The van der Waals surface area contributed by atoms with Crippen LogP contribution in [0.15, 0.2) is 54.6 Å². The van der Waals surface area contributed by atoms with Gasteiger partial charge >= 0.3 is 5.97 Å². The first kappa shape index (κ1) is 17.0. The number of para-hydroxylation sites is 1. The first-order valence-electron chi connectivity index (χ1n) is 8.21. The van der Waals surface area contributed by atoms with Gasteiger partial charge in [0, 0.05) is 5.69 Å². The molecule has 25 heavy (non-hydrogen) atoms. The van der Waals surface area contributed by atoms with Gasteiger partial charge in [0.1, 0.15) is 17.5 Å². The third-order valence-corrected chi connectivity index (χ3v) is 4.11. The number of aliphatic carboxylic acids is 1. The molecule has 0 bridgehead atoms. The van der Waals surface area contributed by atoms with Crippen molar-refractivity contribution < 1.29 is 19.4 Å². The molecule has 2 aromatic rings. The monoisotopic (exact) mass is 340 g/mol. The van der Waals surface area contributed by atoms with Crippen LogP contribution in [0.5, 0.6) is 11.5 Å². The predicted molar refractivity (Wildman–Crippen MR) is 93.8 cm³/mol. The van der Waals surface area contributed by atoms with Gasteiger partial charge in [-0.2, -0.15) is 0 Å². The number of carbonyl (C=O) groups is 2. The number of anilines is 1. The van der Waals surface area contributed by atoms with Crippen LogP contribution in [0.1, 0.15) is 12.8 Å². The summed E-state index contributed by atoms with van der Waals surface area (Å²) in [7, 11) is 0. The lowest BCUT2D eigenvalue weighted by Crippen LogP contribution is -2.40. The lowest BCUT2D eigenvalue weighted by Gasteiger charge is -2.20. The molecule has 0 spiro atoms. The molecule has 1 amide bonds. The average molecular weight is 340 g/mol. The fourth-order valence-corrected chi connectivity index (χ4v) is 2.91. The molecule has 2 N–H and O–H groups in total. The molecule has 1 aliphatic heterocycles. The van der Waals surface area contributed by atoms with Crippen molar-refractivity contribution in [2.24, 2.45) is 0 Å². The second kappa shape index (κ2) is 7.81. The van der Waals surface area contributed by atoms with Gasteiger partial charge in [0.15, 0.2) is 0 Å². The van der Waals surface area contributed by atoms with E-state index in [1.165, 1.54) is 0 Å². The molecule has 0 radical (unpaired) electrons. The summed E-state index contributed by atoms with van der Waals surface area (Å²) in [6.45, 7) is 0.716. The van der Waals surface area contributed by atoms with Crippen LogP contribution in [-0.4, -0.2) is 41.0 Å². The van der Waals surface area contributed by atoms with Crippen LogP contribution in [0.2, 0.25) is 0 Å². The quantitative estimate of drug-likeness (QED) is 0.845. The molecule has 0 aliphatic carbocycles. The third kappa shape index (κ3) is 4.58. The summed E-state index contributed by atoms with van der Waals surface area (Å²) in [5.74, 6) is 0.334. The fourth-order valence-electron chi connectivity index (χ4n) is 2.91. The summed E-state index contributed by atoms with van der Waals surface area (Å²) in [6, 6.07) is 15.9. The van der Waals surface area contributed by atoms with Gasteiger partial charge in [0.25, 0.3) is 0 Å². The largest absolute Gasteiger partial charge is 0.480 e. The zero-order valence-electron chi connectivity index (χ0n) is 13.7. The van der Waals surface area contributed by atoms with Crippen molar-refractivity contribution in [2.45, 2.75) is 18.9 Å². The van der Waals surface area contributed by atoms with E-state index in [-0.39, 0.29) is 12.5 Å². The molecule has 1 fully saturated rings. The highest BCUT2D eigenvalue weighted by Crippen LogP contribution is 2.23. The molecule has 1 saturated heterocycles. The van der Waals surface area contributed by atoms with Gasteiger partial charge in [0.2, 0.25) is 5.91 Å². The lowest BCUT2D eigenvalue weighted by molar-refractivity contribution is -0.142. The summed E-state index contributed by atoms with van der Waals surface area (Å²) < 4.78 is 5.70. The Morgan fingerprint density at radius 3 is 2.44 bits per heavy atom. The minimum atomic E-state index is -0.868. The van der Waals surface area contributed by atoms with Crippen LogP contribution in [-0.2, 0) is 9.59 Å². The number of carboxylic acid groups (broad SMARTS) is 1. The predicted octanol–water partition coefficient (Wildman–Crippen LogP) is 2.97. The summed E-state index contributed by atoms with van der Waals surface area (Å²) in [6.07, 6.45) is 1.39. The Bertz CT molecular complexity index is 731. The number of hydrogen-bond acceptors (Lipinski definition) is 4. The summed E-state index contributed by atoms with van der Waals surface area (Å²) in [5, 5.41) is 11.9. The van der Waals surface area contributed by atoms with Gasteiger partial charge in [-0.15, -0.1) is 0 Å². The molecule has 3 rings (SSSR count). The van der Waals surface area contributed by atoms with Crippen LogP contribution in [0.3, 0.4) is 0 Å². The van der Waals surface area contributed by atoms with Crippen LogP contribution < -0.4 is 10.1 Å². The number of carboxylic acids is 1. The molecular weight excluding hydrogens is 320 g/mol. The Hall–Kier alpha value is -2.86. The van der Waals surface area contributed by atoms with E-state index in [1.807, 2.05) is 30.3 Å². The Morgan fingerprint density at radius 2 is 1.76 bits per heavy atom. The van der Waals surface area contributed by atoms with Gasteiger partial charge in [-0.05, 0) is 55.8 Å². The maximum Gasteiger partial charge on any atom is 0.320 e. The van der Waals surface area contributed by atoms with E-state index in [9.17, 15) is 9.59 Å². The van der Waals surface area contributed by atoms with E-state index >= 15 is 0 Å². The van der Waals surface area contributed by atoms with Gasteiger partial charge in [0.05, 0.1) is 6.54 Å². The first-order chi connectivity index (χ1) is 12.1. The number of nitrogens with zero attached hydrogens (tertiary/aromatic N) is 1. The maximum atomic E-state index is 12.1. The average Bonchev–Trinajstić information content (AvgIpc) is 3.06. The van der Waals surface area contributed by atoms with E-state index in [4.69, 9.17) is 9.84 Å². The number of nitrogens with one attached hydrogen (secondary N) is 1. The molecule has 130 valence electrons. The number of hydrogen-bond donors (Lipinski definition) is 2. The highest BCUT2D eigenvalue weighted by atomic mass is 16.5. The van der Waals surface area contributed by atoms with Crippen LogP contribution in [0.25, 0.3) is 0 Å². The van der Waals surface area contributed by atoms with Crippen molar-refractivity contribution in [3.8, 4) is 11.5 Å². The van der Waals surface area contributed by atoms with Gasteiger partial charge in [-0.25, -0.2) is 0 Å². The Kier molecular flexibility index (Phi) is 5.30. The van der Waals surface area contributed by atoms with E-state index < -0.39 is 12.0 Å². The van der Waals surface area contributed by atoms with Crippen molar-refractivity contribution in [1.29, 1.82) is 0 Å². The number of carbonyl (C=O) groups excluding carboxylic acids is 1. The summed E-state index contributed by atoms with van der Waals surface area (Å²) in [5.41, 5.74) is 0.650. The summed E-state index contributed by atoms with van der Waals surface area (Å²) >= 11 is 0. The highest BCUT2D eigenvalue weighted by molar-refractivity contribution is 5.92. The molecule has 1 heterocycles. The SMILES string of the molecule is O=C(CN1CCCC1C(=O)O)Nc1ccc(Oc2ccccc2)cc1. The zero-order chi connectivity index (χ0) is 17.6. The Balaban J connectivity index is 1.54. The Morgan fingerprint density at radius 1 is 1.08 bits per heavy atom. The van der Waals surface area contributed by atoms with E-state index in [1.54, 1.807) is 29.2 Å². The molecular formula is C19H20N2O4. The smallest absolute Gasteiger partial charge is 0.320 e. The first-order valence-corrected chi connectivity index (χ1v) is 8.21. The minimum Gasteiger partial charge on any atom is -0.480 e. The van der Waals surface area contributed by atoms with Crippen molar-refractivity contribution in [3.63, 3.8) is 0 Å². The third-order valence-electron chi connectivity index (χ3n) is 4.11. The molecule has 2 aromatic carbocycles. The standard InChI is InChI=1S/C19H20N2O4/c22-18(13-21-12-4-7-17(21)19(23)24)20-14-8-10-16(11-9-14)25-15-5-2-1-3-6-15/h1-3,5-6,8-11,17H,4,7,12-13H2,(H,20,22)(H,23,24). The molecule has 1 aliphatic rings. The van der Waals surface area contributed by atoms with Crippen molar-refractivity contribution in [1.82, 2.24) is 4.90 Å². The maximum absolute atomic E-state index is 12.1. The normalized spacial score (nSPS) is 17.2. The van der Waals surface area contributed by atoms with Gasteiger partial charge in [-0.1, -0.05) is 18.2 Å². The zero-order valence-corrected chi connectivity index (χ0v) is 13.7. The molecule has 1 atom stereocenters. The highest BCUT2D eigenvalue weighted by Gasteiger charge is 2.31. The summed E-state index contributed by atoms with van der Waals surface area (Å²) in [4.78, 5) is 25.0. The van der Waals surface area contributed by atoms with E-state index in [0.717, 1.165) is 12.2 Å². The molecule has 6 nitrogen and oxygen atoms in total. The van der Waals surface area contributed by atoms with Crippen molar-refractivity contribution >= 4 is 17.6 Å². The van der Waals surface area contributed by atoms with Crippen LogP contribution in [0.4, 0.5) is 5.69 Å². The second-order valence-corrected chi connectivity index (χ2v) is 5.95. The van der Waals surface area contributed by atoms with Crippen molar-refractivity contribution in [2.75, 3.05) is 18.4 Å². The molecule has 1 unspecified atom stereocenters. The number of rotatable bonds is 6. The molecule has 6 heteroatoms. The number of ether oxygens (including phenoxy) is 1. The van der Waals surface area contributed by atoms with E-state index in [0.29, 0.717) is 24.4 Å². The number of benzene rings is 2. The van der Waals surface area contributed by atoms with Crippen molar-refractivity contribution in [3.05, 3.63) is 54.6 Å². The fraction of sp³-hybridized carbons (Fsp3) is 0.263. The van der Waals surface area contributed by atoms with Crippen LogP contribution in [0, 0.1) is 0 Å². The molecule has 0 aromatic heterocycles. The minimum absolute atomic E-state index is 0.0826. The molecule has 0 saturated carbocycles. The second-order valence-electron chi connectivity index (χ2n) is 5.95. The lowest BCUT2D eigenvalue weighted by atomic mass is 10.2. The topological polar surface area (TPSA) is 78.9 Å². The van der Waals surface area contributed by atoms with E-state index in [2.05, 4.69) is 5.32 Å².